The number of amides is 1. The van der Waals surface area contributed by atoms with Gasteiger partial charge in [0.2, 0.25) is 0 Å². The van der Waals surface area contributed by atoms with Crippen molar-refractivity contribution in [1.29, 1.82) is 0 Å². The molecule has 0 unspecified atom stereocenters. The molecule has 0 aromatic heterocycles. The SMILES string of the molecule is CC1=C(C(=O)N(C)C)[C@H](c2ccc3ccccc3c2)NC(=S)N1. The first kappa shape index (κ1) is 15.5. The monoisotopic (exact) mass is 325 g/mol. The van der Waals surface area contributed by atoms with Crippen LogP contribution in [0.25, 0.3) is 10.8 Å². The fourth-order valence-corrected chi connectivity index (χ4v) is 3.13. The molecule has 0 bridgehead atoms. The lowest BCUT2D eigenvalue weighted by atomic mass is 9.93. The number of rotatable bonds is 2. The Kier molecular flexibility index (Phi) is 4.05. The molecule has 1 aliphatic heterocycles. The number of hydrogen-bond donors (Lipinski definition) is 2. The molecule has 5 heteroatoms. The number of hydrogen-bond acceptors (Lipinski definition) is 2. The standard InChI is InChI=1S/C18H19N3OS/c1-11-15(17(22)21(2)3)16(20-18(23)19-11)14-9-8-12-6-4-5-7-13(12)10-14/h4-10,16H,1-3H3,(H2,19,20,23)/t16-/m0/s1. The van der Waals surface area contributed by atoms with E-state index in [0.717, 1.165) is 16.6 Å². The Labute approximate surface area is 141 Å². The molecule has 2 aromatic rings. The maximum absolute atomic E-state index is 12.6. The molecule has 1 atom stereocenters. The first-order valence-corrected chi connectivity index (χ1v) is 7.87. The largest absolute Gasteiger partial charge is 0.351 e. The number of nitrogens with one attached hydrogen (secondary N) is 2. The van der Waals surface area contributed by atoms with E-state index >= 15 is 0 Å². The van der Waals surface area contributed by atoms with Gasteiger partial charge in [-0.1, -0.05) is 36.4 Å². The third kappa shape index (κ3) is 2.92. The zero-order chi connectivity index (χ0) is 16.6. The fourth-order valence-electron chi connectivity index (χ4n) is 2.86. The molecule has 118 valence electrons. The fraction of sp³-hybridized carbons (Fsp3) is 0.222. The van der Waals surface area contributed by atoms with E-state index in [9.17, 15) is 4.79 Å². The van der Waals surface area contributed by atoms with Gasteiger partial charge in [0, 0.05) is 19.8 Å². The molecule has 0 saturated carbocycles. The first-order valence-electron chi connectivity index (χ1n) is 7.46. The normalized spacial score (nSPS) is 17.7. The van der Waals surface area contributed by atoms with Crippen molar-refractivity contribution in [2.75, 3.05) is 14.1 Å². The number of benzene rings is 2. The highest BCUT2D eigenvalue weighted by molar-refractivity contribution is 7.80. The smallest absolute Gasteiger partial charge is 0.253 e. The van der Waals surface area contributed by atoms with Crippen molar-refractivity contribution in [2.24, 2.45) is 0 Å². The van der Waals surface area contributed by atoms with Crippen molar-refractivity contribution in [3.05, 3.63) is 59.3 Å². The van der Waals surface area contributed by atoms with E-state index in [0.29, 0.717) is 10.7 Å². The number of thiocarbonyl (C=S) groups is 1. The number of likely N-dealkylation sites (N-methyl/N-ethyl adjacent to an activating group) is 1. The summed E-state index contributed by atoms with van der Waals surface area (Å²) < 4.78 is 0. The van der Waals surface area contributed by atoms with Gasteiger partial charge < -0.3 is 15.5 Å². The van der Waals surface area contributed by atoms with E-state index in [1.165, 1.54) is 5.39 Å². The number of nitrogens with zero attached hydrogens (tertiary/aromatic N) is 1. The quantitative estimate of drug-likeness (QED) is 0.834. The molecule has 0 saturated heterocycles. The maximum Gasteiger partial charge on any atom is 0.253 e. The molecule has 0 spiro atoms. The lowest BCUT2D eigenvalue weighted by molar-refractivity contribution is -0.125. The number of carbonyl (C=O) groups excluding carboxylic acids is 1. The van der Waals surface area contributed by atoms with Gasteiger partial charge >= 0.3 is 0 Å². The topological polar surface area (TPSA) is 44.4 Å². The second-order valence-electron chi connectivity index (χ2n) is 5.88. The molecule has 1 amide bonds. The van der Waals surface area contributed by atoms with Crippen LogP contribution >= 0.6 is 12.2 Å². The Bertz CT molecular complexity index is 826. The molecular weight excluding hydrogens is 306 g/mol. The third-order valence-corrected chi connectivity index (χ3v) is 4.23. The Hall–Kier alpha value is -2.40. The number of fused-ring (bicyclic) bond motifs is 1. The van der Waals surface area contributed by atoms with Gasteiger partial charge in [0.1, 0.15) is 0 Å². The van der Waals surface area contributed by atoms with Gasteiger partial charge in [-0.05, 0) is 41.5 Å². The molecule has 23 heavy (non-hydrogen) atoms. The van der Waals surface area contributed by atoms with Gasteiger partial charge in [0.25, 0.3) is 5.91 Å². The Morgan fingerprint density at radius 2 is 1.83 bits per heavy atom. The summed E-state index contributed by atoms with van der Waals surface area (Å²) >= 11 is 5.28. The highest BCUT2D eigenvalue weighted by atomic mass is 32.1. The van der Waals surface area contributed by atoms with Crippen molar-refractivity contribution in [2.45, 2.75) is 13.0 Å². The summed E-state index contributed by atoms with van der Waals surface area (Å²) in [4.78, 5) is 14.2. The Morgan fingerprint density at radius 3 is 2.52 bits per heavy atom. The molecule has 2 aromatic carbocycles. The minimum Gasteiger partial charge on any atom is -0.351 e. The van der Waals surface area contributed by atoms with E-state index in [2.05, 4.69) is 34.9 Å². The van der Waals surface area contributed by atoms with Crippen molar-refractivity contribution >= 4 is 34.0 Å². The molecule has 0 fully saturated rings. The molecule has 4 nitrogen and oxygen atoms in total. The van der Waals surface area contributed by atoms with Crippen molar-refractivity contribution in [3.63, 3.8) is 0 Å². The highest BCUT2D eigenvalue weighted by Gasteiger charge is 2.30. The summed E-state index contributed by atoms with van der Waals surface area (Å²) in [6, 6.07) is 14.2. The molecule has 0 radical (unpaired) electrons. The van der Waals surface area contributed by atoms with Crippen LogP contribution in [0.15, 0.2) is 53.7 Å². The summed E-state index contributed by atoms with van der Waals surface area (Å²) in [5, 5.41) is 9.14. The van der Waals surface area contributed by atoms with Crippen LogP contribution in [-0.4, -0.2) is 30.0 Å². The van der Waals surface area contributed by atoms with E-state index in [1.54, 1.807) is 19.0 Å². The molecule has 0 aliphatic carbocycles. The first-order chi connectivity index (χ1) is 11.0. The van der Waals surface area contributed by atoms with Crippen molar-refractivity contribution in [3.8, 4) is 0 Å². The maximum atomic E-state index is 12.6. The lowest BCUT2D eigenvalue weighted by Crippen LogP contribution is -2.46. The summed E-state index contributed by atoms with van der Waals surface area (Å²) in [6.07, 6.45) is 0. The minimum absolute atomic E-state index is 0.0249. The predicted molar refractivity (Wildman–Crippen MR) is 97.0 cm³/mol. The Morgan fingerprint density at radius 1 is 1.13 bits per heavy atom. The predicted octanol–water partition coefficient (Wildman–Crippen LogP) is 2.72. The van der Waals surface area contributed by atoms with Crippen LogP contribution in [0, 0.1) is 0 Å². The van der Waals surface area contributed by atoms with Crippen molar-refractivity contribution < 1.29 is 4.79 Å². The number of allylic oxidation sites excluding steroid dienone is 1. The van der Waals surface area contributed by atoms with Crippen LogP contribution in [0.1, 0.15) is 18.5 Å². The Balaban J connectivity index is 2.11. The van der Waals surface area contributed by atoms with Crippen LogP contribution in [-0.2, 0) is 4.79 Å². The van der Waals surface area contributed by atoms with E-state index in [1.807, 2.05) is 25.1 Å². The van der Waals surface area contributed by atoms with E-state index in [4.69, 9.17) is 12.2 Å². The average molecular weight is 325 g/mol. The zero-order valence-electron chi connectivity index (χ0n) is 13.4. The second kappa shape index (κ2) is 6.01. The van der Waals surface area contributed by atoms with Gasteiger partial charge in [-0.15, -0.1) is 0 Å². The summed E-state index contributed by atoms with van der Waals surface area (Å²) in [7, 11) is 3.51. The van der Waals surface area contributed by atoms with Crippen molar-refractivity contribution in [1.82, 2.24) is 15.5 Å². The van der Waals surface area contributed by atoms with Gasteiger partial charge in [0.05, 0.1) is 11.6 Å². The van der Waals surface area contributed by atoms with Crippen LogP contribution in [0.4, 0.5) is 0 Å². The molecule has 1 heterocycles. The van der Waals surface area contributed by atoms with Crippen LogP contribution in [0.3, 0.4) is 0 Å². The van der Waals surface area contributed by atoms with Gasteiger partial charge in [0.15, 0.2) is 5.11 Å². The van der Waals surface area contributed by atoms with E-state index < -0.39 is 0 Å². The van der Waals surface area contributed by atoms with Crippen LogP contribution < -0.4 is 10.6 Å². The summed E-state index contributed by atoms with van der Waals surface area (Å²) in [5.74, 6) is -0.0249. The highest BCUT2D eigenvalue weighted by Crippen LogP contribution is 2.29. The van der Waals surface area contributed by atoms with Gasteiger partial charge in [-0.3, -0.25) is 4.79 Å². The van der Waals surface area contributed by atoms with E-state index in [-0.39, 0.29) is 11.9 Å². The van der Waals surface area contributed by atoms with Crippen LogP contribution in [0.5, 0.6) is 0 Å². The average Bonchev–Trinajstić information content (AvgIpc) is 2.53. The zero-order valence-corrected chi connectivity index (χ0v) is 14.2. The third-order valence-electron chi connectivity index (χ3n) is 4.01. The molecule has 1 aliphatic rings. The van der Waals surface area contributed by atoms with Crippen LogP contribution in [0.2, 0.25) is 0 Å². The molecular formula is C18H19N3OS. The summed E-state index contributed by atoms with van der Waals surface area (Å²) in [5.41, 5.74) is 2.52. The molecule has 2 N–H and O–H groups in total. The number of carbonyl (C=O) groups is 1. The second-order valence-corrected chi connectivity index (χ2v) is 6.28. The molecule has 3 rings (SSSR count). The lowest BCUT2D eigenvalue weighted by Gasteiger charge is -2.31. The minimum atomic E-state index is -0.247. The van der Waals surface area contributed by atoms with Gasteiger partial charge in [-0.2, -0.15) is 0 Å². The summed E-state index contributed by atoms with van der Waals surface area (Å²) in [6.45, 7) is 1.89. The van der Waals surface area contributed by atoms with Gasteiger partial charge in [-0.25, -0.2) is 0 Å².